The van der Waals surface area contributed by atoms with E-state index >= 15 is 0 Å². The summed E-state index contributed by atoms with van der Waals surface area (Å²) in [6, 6.07) is 2.07. The van der Waals surface area contributed by atoms with Crippen molar-refractivity contribution in [2.75, 3.05) is 6.54 Å². The number of aromatic nitrogens is 1. The quantitative estimate of drug-likeness (QED) is 0.925. The molecule has 2 nitrogen and oxygen atoms in total. The highest BCUT2D eigenvalue weighted by atomic mass is 79.9. The van der Waals surface area contributed by atoms with Crippen molar-refractivity contribution >= 4 is 40.7 Å². The lowest BCUT2D eigenvalue weighted by Crippen LogP contribution is -2.11. The summed E-state index contributed by atoms with van der Waals surface area (Å²) in [5, 5.41) is 3.23. The van der Waals surface area contributed by atoms with Crippen molar-refractivity contribution in [1.82, 2.24) is 10.3 Å². The van der Waals surface area contributed by atoms with Crippen LogP contribution in [0.2, 0.25) is 0 Å². The van der Waals surface area contributed by atoms with Crippen molar-refractivity contribution in [3.63, 3.8) is 0 Å². The minimum atomic E-state index is 0. The Bertz CT molecular complexity index is 233. The molecule has 1 N–H and O–H groups in total. The first-order valence-electron chi connectivity index (χ1n) is 3.63. The van der Waals surface area contributed by atoms with Crippen molar-refractivity contribution < 1.29 is 0 Å². The summed E-state index contributed by atoms with van der Waals surface area (Å²) in [4.78, 5) is 4.05. The summed E-state index contributed by atoms with van der Waals surface area (Å²) >= 11 is 3.36. The number of hydrogen-bond donors (Lipinski definition) is 1. The first-order chi connectivity index (χ1) is 5.33. The second-order valence-corrected chi connectivity index (χ2v) is 3.21. The van der Waals surface area contributed by atoms with Crippen LogP contribution in [0.15, 0.2) is 22.9 Å². The molecule has 0 saturated carbocycles. The van der Waals surface area contributed by atoms with Crippen molar-refractivity contribution in [2.24, 2.45) is 0 Å². The lowest BCUT2D eigenvalue weighted by molar-refractivity contribution is 0.724. The number of nitrogens with one attached hydrogen (secondary N) is 1. The van der Waals surface area contributed by atoms with Gasteiger partial charge in [0.05, 0.1) is 0 Å². The molecule has 13 heavy (non-hydrogen) atoms. The lowest BCUT2D eigenvalue weighted by Gasteiger charge is -2.00. The molecular weight excluding hydrogens is 275 g/mol. The average molecular weight is 288 g/mol. The fourth-order valence-electron chi connectivity index (χ4n) is 0.822. The van der Waals surface area contributed by atoms with Gasteiger partial charge in [0.25, 0.3) is 0 Å². The molecule has 76 valence electrons. The highest BCUT2D eigenvalue weighted by Gasteiger charge is 1.91. The fraction of sp³-hybridized carbons (Fsp3) is 0.375. The Morgan fingerprint density at radius 3 is 2.62 bits per heavy atom. The van der Waals surface area contributed by atoms with Crippen LogP contribution in [-0.2, 0) is 6.54 Å². The van der Waals surface area contributed by atoms with Gasteiger partial charge >= 0.3 is 0 Å². The summed E-state index contributed by atoms with van der Waals surface area (Å²) in [5.74, 6) is 0. The van der Waals surface area contributed by atoms with E-state index in [1.807, 2.05) is 6.20 Å². The molecule has 0 saturated heterocycles. The number of nitrogens with zero attached hydrogens (tertiary/aromatic N) is 1. The molecule has 1 aromatic heterocycles. The highest BCUT2D eigenvalue weighted by molar-refractivity contribution is 9.10. The molecule has 1 rings (SSSR count). The van der Waals surface area contributed by atoms with E-state index in [1.165, 1.54) is 5.56 Å². The van der Waals surface area contributed by atoms with Gasteiger partial charge in [-0.1, -0.05) is 6.92 Å². The predicted molar refractivity (Wildman–Crippen MR) is 63.8 cm³/mol. The van der Waals surface area contributed by atoms with E-state index in [0.29, 0.717) is 0 Å². The van der Waals surface area contributed by atoms with Crippen LogP contribution in [0.5, 0.6) is 0 Å². The van der Waals surface area contributed by atoms with Crippen LogP contribution >= 0.6 is 40.7 Å². The zero-order valence-electron chi connectivity index (χ0n) is 7.29. The molecule has 0 bridgehead atoms. The monoisotopic (exact) mass is 286 g/mol. The Morgan fingerprint density at radius 2 is 2.08 bits per heavy atom. The van der Waals surface area contributed by atoms with E-state index in [1.54, 1.807) is 6.20 Å². The molecule has 1 heterocycles. The van der Waals surface area contributed by atoms with Gasteiger partial charge in [-0.25, -0.2) is 0 Å². The normalized spacial score (nSPS) is 8.46. The van der Waals surface area contributed by atoms with Gasteiger partial charge in [-0.3, -0.25) is 4.98 Å². The second kappa shape index (κ2) is 8.75. The number of hydrogen-bond acceptors (Lipinski definition) is 2. The largest absolute Gasteiger partial charge is 0.313 e. The van der Waals surface area contributed by atoms with E-state index in [4.69, 9.17) is 0 Å². The maximum absolute atomic E-state index is 4.05. The maximum atomic E-state index is 4.05. The molecule has 0 aliphatic carbocycles. The van der Waals surface area contributed by atoms with Gasteiger partial charge in [-0.15, -0.1) is 24.8 Å². The van der Waals surface area contributed by atoms with E-state index in [2.05, 4.69) is 39.2 Å². The summed E-state index contributed by atoms with van der Waals surface area (Å²) in [7, 11) is 0. The molecular formula is C8H13BrCl2N2. The molecule has 0 radical (unpaired) electrons. The maximum Gasteiger partial charge on any atom is 0.0410 e. The fourth-order valence-corrected chi connectivity index (χ4v) is 1.23. The Labute approximate surface area is 99.5 Å². The summed E-state index contributed by atoms with van der Waals surface area (Å²) in [5.41, 5.74) is 1.21. The predicted octanol–water partition coefficient (Wildman–Crippen LogP) is 2.80. The highest BCUT2D eigenvalue weighted by Crippen LogP contribution is 2.08. The molecule has 0 aromatic carbocycles. The van der Waals surface area contributed by atoms with Crippen molar-refractivity contribution in [3.8, 4) is 0 Å². The molecule has 5 heteroatoms. The van der Waals surface area contributed by atoms with Crippen LogP contribution in [0.3, 0.4) is 0 Å². The van der Waals surface area contributed by atoms with Crippen molar-refractivity contribution in [1.29, 1.82) is 0 Å². The third-order valence-electron chi connectivity index (χ3n) is 1.34. The molecule has 0 aliphatic rings. The van der Waals surface area contributed by atoms with Crippen LogP contribution in [0, 0.1) is 0 Å². The smallest absolute Gasteiger partial charge is 0.0410 e. The molecule has 0 amide bonds. The van der Waals surface area contributed by atoms with E-state index in [0.717, 1.165) is 17.6 Å². The molecule has 0 fully saturated rings. The SMILES string of the molecule is CCNCc1cncc(Br)c1.Cl.Cl. The third kappa shape index (κ3) is 6.27. The van der Waals surface area contributed by atoms with E-state index in [-0.39, 0.29) is 24.8 Å². The van der Waals surface area contributed by atoms with Gasteiger partial charge in [0, 0.05) is 23.4 Å². The minimum absolute atomic E-state index is 0. The zero-order valence-corrected chi connectivity index (χ0v) is 10.5. The van der Waals surface area contributed by atoms with Crippen LogP contribution < -0.4 is 5.32 Å². The van der Waals surface area contributed by atoms with Gasteiger partial charge < -0.3 is 5.32 Å². The molecule has 0 atom stereocenters. The van der Waals surface area contributed by atoms with Gasteiger partial charge in [0.2, 0.25) is 0 Å². The number of halogens is 3. The first-order valence-corrected chi connectivity index (χ1v) is 4.42. The van der Waals surface area contributed by atoms with Gasteiger partial charge in [0.15, 0.2) is 0 Å². The van der Waals surface area contributed by atoms with E-state index in [9.17, 15) is 0 Å². The lowest BCUT2D eigenvalue weighted by atomic mass is 10.3. The second-order valence-electron chi connectivity index (χ2n) is 2.29. The first kappa shape index (κ1) is 15.6. The van der Waals surface area contributed by atoms with Gasteiger partial charge in [-0.05, 0) is 34.1 Å². The molecule has 0 unspecified atom stereocenters. The Kier molecular flexibility index (Phi) is 10.5. The van der Waals surface area contributed by atoms with Crippen LogP contribution in [0.25, 0.3) is 0 Å². The number of pyridine rings is 1. The Morgan fingerprint density at radius 1 is 1.38 bits per heavy atom. The molecule has 0 spiro atoms. The summed E-state index contributed by atoms with van der Waals surface area (Å²) < 4.78 is 1.04. The van der Waals surface area contributed by atoms with Crippen molar-refractivity contribution in [2.45, 2.75) is 13.5 Å². The van der Waals surface area contributed by atoms with Crippen LogP contribution in [0.1, 0.15) is 12.5 Å². The summed E-state index contributed by atoms with van der Waals surface area (Å²) in [6.07, 6.45) is 3.66. The van der Waals surface area contributed by atoms with Crippen molar-refractivity contribution in [3.05, 3.63) is 28.5 Å². The Hall–Kier alpha value is 0.170. The molecule has 1 aromatic rings. The minimum Gasteiger partial charge on any atom is -0.313 e. The van der Waals surface area contributed by atoms with E-state index < -0.39 is 0 Å². The number of rotatable bonds is 3. The summed E-state index contributed by atoms with van der Waals surface area (Å²) in [6.45, 7) is 3.97. The topological polar surface area (TPSA) is 24.9 Å². The Balaban J connectivity index is 0. The van der Waals surface area contributed by atoms with Crippen LogP contribution in [-0.4, -0.2) is 11.5 Å². The van der Waals surface area contributed by atoms with Gasteiger partial charge in [-0.2, -0.15) is 0 Å². The van der Waals surface area contributed by atoms with Gasteiger partial charge in [0.1, 0.15) is 0 Å². The third-order valence-corrected chi connectivity index (χ3v) is 1.77. The zero-order chi connectivity index (χ0) is 8.10. The standard InChI is InChI=1S/C8H11BrN2.2ClH/c1-2-10-4-7-3-8(9)6-11-5-7;;/h3,5-6,10H,2,4H2,1H3;2*1H. The average Bonchev–Trinajstić information content (AvgIpc) is 2.01. The van der Waals surface area contributed by atoms with Crippen LogP contribution in [0.4, 0.5) is 0 Å². The molecule has 0 aliphatic heterocycles.